The minimum absolute atomic E-state index is 0.0650. The van der Waals surface area contributed by atoms with E-state index in [1.165, 1.54) is 0 Å². The molecule has 7 nitrogen and oxygen atoms in total. The van der Waals surface area contributed by atoms with E-state index in [4.69, 9.17) is 4.74 Å². The third-order valence-corrected chi connectivity index (χ3v) is 6.37. The highest BCUT2D eigenvalue weighted by atomic mass is 32.2. The molecule has 0 aromatic heterocycles. The quantitative estimate of drug-likeness (QED) is 0.763. The van der Waals surface area contributed by atoms with Gasteiger partial charge in [-0.3, -0.25) is 9.69 Å². The fourth-order valence-corrected chi connectivity index (χ4v) is 4.48. The molecule has 0 aliphatic carbocycles. The molecule has 0 saturated carbocycles. The largest absolute Gasteiger partial charge is 0.378 e. The molecule has 2 fully saturated rings. The van der Waals surface area contributed by atoms with Crippen LogP contribution < -0.4 is 5.32 Å². The van der Waals surface area contributed by atoms with Crippen LogP contribution in [0.2, 0.25) is 0 Å². The van der Waals surface area contributed by atoms with Crippen molar-refractivity contribution >= 4 is 15.7 Å². The molecule has 138 valence electrons. The summed E-state index contributed by atoms with van der Waals surface area (Å²) in [5.41, 5.74) is 0. The number of nitrogens with one attached hydrogen (secondary N) is 1. The summed E-state index contributed by atoms with van der Waals surface area (Å²) < 4.78 is 30.1. The number of benzene rings is 1. The first kappa shape index (κ1) is 18.3. The van der Waals surface area contributed by atoms with Crippen molar-refractivity contribution in [2.45, 2.75) is 10.9 Å². The van der Waals surface area contributed by atoms with Crippen LogP contribution in [0.3, 0.4) is 0 Å². The molecule has 0 radical (unpaired) electrons. The number of carbonyl (C=O) groups excluding carboxylic acids is 1. The zero-order chi connectivity index (χ0) is 17.7. The molecule has 1 amide bonds. The SMILES string of the molecule is O=C(C1CN(CCS(=O)(=O)c2ccccc2)CCN1)N1CCOCC1. The van der Waals surface area contributed by atoms with Gasteiger partial charge >= 0.3 is 0 Å². The molecule has 0 spiro atoms. The Morgan fingerprint density at radius 2 is 1.88 bits per heavy atom. The predicted molar refractivity (Wildman–Crippen MR) is 94.1 cm³/mol. The molecule has 0 bridgehead atoms. The van der Waals surface area contributed by atoms with Crippen molar-refractivity contribution in [2.24, 2.45) is 0 Å². The number of hydrogen-bond donors (Lipinski definition) is 1. The van der Waals surface area contributed by atoms with Crippen molar-refractivity contribution < 1.29 is 17.9 Å². The molecule has 1 aromatic rings. The van der Waals surface area contributed by atoms with E-state index in [1.807, 2.05) is 4.90 Å². The van der Waals surface area contributed by atoms with Gasteiger partial charge < -0.3 is 15.0 Å². The summed E-state index contributed by atoms with van der Waals surface area (Å²) in [6, 6.07) is 8.24. The number of hydrogen-bond acceptors (Lipinski definition) is 6. The molecule has 1 unspecified atom stereocenters. The molecular weight excluding hydrogens is 342 g/mol. The van der Waals surface area contributed by atoms with Gasteiger partial charge in [-0.2, -0.15) is 0 Å². The number of carbonyl (C=O) groups is 1. The van der Waals surface area contributed by atoms with Crippen molar-refractivity contribution in [3.8, 4) is 0 Å². The number of sulfone groups is 1. The Balaban J connectivity index is 1.54. The van der Waals surface area contributed by atoms with Gasteiger partial charge in [-0.25, -0.2) is 8.42 Å². The minimum atomic E-state index is -3.29. The zero-order valence-electron chi connectivity index (χ0n) is 14.3. The number of amides is 1. The van der Waals surface area contributed by atoms with Crippen molar-refractivity contribution in [3.05, 3.63) is 30.3 Å². The second-order valence-corrected chi connectivity index (χ2v) is 8.49. The number of nitrogens with zero attached hydrogens (tertiary/aromatic N) is 2. The lowest BCUT2D eigenvalue weighted by Crippen LogP contribution is -2.59. The van der Waals surface area contributed by atoms with Crippen molar-refractivity contribution in [2.75, 3.05) is 58.2 Å². The normalized spacial score (nSPS) is 22.7. The maximum atomic E-state index is 12.6. The Labute approximate surface area is 148 Å². The Morgan fingerprint density at radius 3 is 2.60 bits per heavy atom. The number of morpholine rings is 1. The van der Waals surface area contributed by atoms with E-state index >= 15 is 0 Å². The summed E-state index contributed by atoms with van der Waals surface area (Å²) in [5.74, 6) is 0.147. The Kier molecular flexibility index (Phi) is 6.06. The average Bonchev–Trinajstić information content (AvgIpc) is 2.67. The molecule has 2 heterocycles. The van der Waals surface area contributed by atoms with Gasteiger partial charge in [-0.1, -0.05) is 18.2 Å². The highest BCUT2D eigenvalue weighted by Gasteiger charge is 2.30. The van der Waals surface area contributed by atoms with Gasteiger partial charge in [-0.15, -0.1) is 0 Å². The smallest absolute Gasteiger partial charge is 0.241 e. The van der Waals surface area contributed by atoms with Crippen LogP contribution in [-0.2, 0) is 19.4 Å². The van der Waals surface area contributed by atoms with Crippen LogP contribution in [0.25, 0.3) is 0 Å². The lowest BCUT2D eigenvalue weighted by Gasteiger charge is -2.36. The highest BCUT2D eigenvalue weighted by molar-refractivity contribution is 7.91. The molecule has 1 atom stereocenters. The molecule has 2 saturated heterocycles. The third kappa shape index (κ3) is 4.78. The number of rotatable bonds is 5. The van der Waals surface area contributed by atoms with Crippen LogP contribution in [0.5, 0.6) is 0 Å². The van der Waals surface area contributed by atoms with Crippen LogP contribution in [0.1, 0.15) is 0 Å². The lowest BCUT2D eigenvalue weighted by atomic mass is 10.1. The van der Waals surface area contributed by atoms with E-state index in [-0.39, 0.29) is 17.7 Å². The molecule has 8 heteroatoms. The van der Waals surface area contributed by atoms with E-state index in [9.17, 15) is 13.2 Å². The summed E-state index contributed by atoms with van der Waals surface area (Å²) in [6.45, 7) is 4.82. The summed E-state index contributed by atoms with van der Waals surface area (Å²) in [5, 5.41) is 3.25. The third-order valence-electron chi connectivity index (χ3n) is 4.66. The van der Waals surface area contributed by atoms with E-state index < -0.39 is 9.84 Å². The Bertz CT molecular complexity index is 674. The van der Waals surface area contributed by atoms with Gasteiger partial charge in [0.15, 0.2) is 9.84 Å². The van der Waals surface area contributed by atoms with Crippen LogP contribution in [-0.4, -0.2) is 88.4 Å². The Hall–Kier alpha value is -1.48. The fraction of sp³-hybridized carbons (Fsp3) is 0.588. The van der Waals surface area contributed by atoms with Crippen LogP contribution in [0.4, 0.5) is 0 Å². The van der Waals surface area contributed by atoms with Crippen molar-refractivity contribution in [1.82, 2.24) is 15.1 Å². The van der Waals surface area contributed by atoms with E-state index in [0.29, 0.717) is 50.8 Å². The highest BCUT2D eigenvalue weighted by Crippen LogP contribution is 2.12. The Morgan fingerprint density at radius 1 is 1.16 bits per heavy atom. The van der Waals surface area contributed by atoms with Crippen molar-refractivity contribution in [1.29, 1.82) is 0 Å². The summed E-state index contributed by atoms with van der Waals surface area (Å²) in [4.78, 5) is 16.8. The summed E-state index contributed by atoms with van der Waals surface area (Å²) >= 11 is 0. The van der Waals surface area contributed by atoms with Gasteiger partial charge in [0.2, 0.25) is 5.91 Å². The lowest BCUT2D eigenvalue weighted by molar-refractivity contribution is -0.138. The maximum absolute atomic E-state index is 12.6. The number of piperazine rings is 1. The average molecular weight is 367 g/mol. The van der Waals surface area contributed by atoms with Gasteiger partial charge in [0.1, 0.15) is 0 Å². The molecule has 1 N–H and O–H groups in total. The van der Waals surface area contributed by atoms with Crippen LogP contribution in [0.15, 0.2) is 35.2 Å². The minimum Gasteiger partial charge on any atom is -0.378 e. The predicted octanol–water partition coefficient (Wildman–Crippen LogP) is -0.407. The first-order valence-electron chi connectivity index (χ1n) is 8.66. The standard InChI is InChI=1S/C17H25N3O4S/c21-17(20-8-11-24-12-9-20)16-14-19(7-6-18-16)10-13-25(22,23)15-4-2-1-3-5-15/h1-5,16,18H,6-14H2. The molecule has 2 aliphatic rings. The van der Waals surface area contributed by atoms with E-state index in [2.05, 4.69) is 10.2 Å². The van der Waals surface area contributed by atoms with E-state index in [1.54, 1.807) is 30.3 Å². The second kappa shape index (κ2) is 8.27. The number of ether oxygens (including phenoxy) is 1. The molecule has 2 aliphatic heterocycles. The fourth-order valence-electron chi connectivity index (χ4n) is 3.18. The zero-order valence-corrected chi connectivity index (χ0v) is 15.1. The molecular formula is C17H25N3O4S. The molecule has 3 rings (SSSR count). The summed E-state index contributed by atoms with van der Waals surface area (Å²) in [7, 11) is -3.29. The summed E-state index contributed by atoms with van der Waals surface area (Å²) in [6.07, 6.45) is 0. The van der Waals surface area contributed by atoms with Crippen molar-refractivity contribution in [3.63, 3.8) is 0 Å². The van der Waals surface area contributed by atoms with Crippen LogP contribution >= 0.6 is 0 Å². The van der Waals surface area contributed by atoms with E-state index in [0.717, 1.165) is 6.54 Å². The maximum Gasteiger partial charge on any atom is 0.241 e. The molecule has 25 heavy (non-hydrogen) atoms. The first-order valence-corrected chi connectivity index (χ1v) is 10.3. The monoisotopic (exact) mass is 367 g/mol. The second-order valence-electron chi connectivity index (χ2n) is 6.38. The topological polar surface area (TPSA) is 79.0 Å². The van der Waals surface area contributed by atoms with Gasteiger partial charge in [0.25, 0.3) is 0 Å². The van der Waals surface area contributed by atoms with Gasteiger partial charge in [0.05, 0.1) is 29.9 Å². The van der Waals surface area contributed by atoms with Gasteiger partial charge in [-0.05, 0) is 12.1 Å². The van der Waals surface area contributed by atoms with Crippen LogP contribution in [0, 0.1) is 0 Å². The first-order chi connectivity index (χ1) is 12.1. The molecule has 1 aromatic carbocycles. The van der Waals surface area contributed by atoms with Gasteiger partial charge in [0, 0.05) is 39.3 Å².